The second-order valence-electron chi connectivity index (χ2n) is 5.86. The number of sulfonamides is 1. The lowest BCUT2D eigenvalue weighted by atomic mass is 9.99. The standard InChI is InChI=1S/C17H17FN2O4S/c18-14-7-6-12(17(21)22)10-16(14)25(23,24)20-9-2-1-5-15(20)13-4-3-8-19-11-13/h3-4,6-8,10-11,15H,1-2,5,9H2,(H,21,22). The molecule has 1 aliphatic heterocycles. The minimum Gasteiger partial charge on any atom is -0.478 e. The molecule has 0 saturated carbocycles. The lowest BCUT2D eigenvalue weighted by Crippen LogP contribution is -2.39. The van der Waals surface area contributed by atoms with Gasteiger partial charge in [-0.2, -0.15) is 4.31 Å². The van der Waals surface area contributed by atoms with E-state index in [4.69, 9.17) is 5.11 Å². The third-order valence-corrected chi connectivity index (χ3v) is 6.21. The predicted octanol–water partition coefficient (Wildman–Crippen LogP) is 2.83. The Hall–Kier alpha value is -2.32. The maximum atomic E-state index is 14.2. The number of nitrogens with zero attached hydrogens (tertiary/aromatic N) is 2. The van der Waals surface area contributed by atoms with Crippen LogP contribution in [0.15, 0.2) is 47.6 Å². The molecule has 1 saturated heterocycles. The van der Waals surface area contributed by atoms with Gasteiger partial charge in [0, 0.05) is 18.9 Å². The van der Waals surface area contributed by atoms with Gasteiger partial charge in [0.25, 0.3) is 0 Å². The van der Waals surface area contributed by atoms with E-state index in [1.165, 1.54) is 4.31 Å². The molecule has 2 aromatic rings. The van der Waals surface area contributed by atoms with Crippen molar-refractivity contribution in [3.05, 3.63) is 59.7 Å². The van der Waals surface area contributed by atoms with E-state index in [9.17, 15) is 17.6 Å². The van der Waals surface area contributed by atoms with Gasteiger partial charge in [-0.15, -0.1) is 0 Å². The van der Waals surface area contributed by atoms with Crippen molar-refractivity contribution < 1.29 is 22.7 Å². The molecule has 3 rings (SSSR count). The van der Waals surface area contributed by atoms with Crippen LogP contribution in [0.4, 0.5) is 4.39 Å². The molecule has 1 aromatic heterocycles. The van der Waals surface area contributed by atoms with E-state index in [2.05, 4.69) is 4.98 Å². The zero-order chi connectivity index (χ0) is 18.0. The van der Waals surface area contributed by atoms with Gasteiger partial charge in [0.1, 0.15) is 10.7 Å². The molecule has 0 amide bonds. The molecule has 0 bridgehead atoms. The largest absolute Gasteiger partial charge is 0.478 e. The molecular formula is C17H17FN2O4S. The molecule has 1 unspecified atom stereocenters. The van der Waals surface area contributed by atoms with Crippen LogP contribution in [-0.2, 0) is 10.0 Å². The molecular weight excluding hydrogens is 347 g/mol. The average molecular weight is 364 g/mol. The van der Waals surface area contributed by atoms with Crippen LogP contribution in [0.1, 0.15) is 41.2 Å². The third-order valence-electron chi connectivity index (χ3n) is 4.29. The van der Waals surface area contributed by atoms with Gasteiger partial charge in [-0.25, -0.2) is 17.6 Å². The van der Waals surface area contributed by atoms with Crippen LogP contribution < -0.4 is 0 Å². The summed E-state index contributed by atoms with van der Waals surface area (Å²) in [5.41, 5.74) is 0.468. The van der Waals surface area contributed by atoms with Gasteiger partial charge in [-0.05, 0) is 42.7 Å². The van der Waals surface area contributed by atoms with Crippen molar-refractivity contribution in [2.24, 2.45) is 0 Å². The highest BCUT2D eigenvalue weighted by Crippen LogP contribution is 2.35. The van der Waals surface area contributed by atoms with E-state index < -0.39 is 32.7 Å². The molecule has 0 spiro atoms. The summed E-state index contributed by atoms with van der Waals surface area (Å²) in [6.45, 7) is 0.249. The van der Waals surface area contributed by atoms with Crippen molar-refractivity contribution in [1.29, 1.82) is 0 Å². The molecule has 6 nitrogen and oxygen atoms in total. The summed E-state index contributed by atoms with van der Waals surface area (Å²) in [5.74, 6) is -2.26. The van der Waals surface area contributed by atoms with Gasteiger partial charge >= 0.3 is 5.97 Å². The Morgan fingerprint density at radius 2 is 2.08 bits per heavy atom. The summed E-state index contributed by atoms with van der Waals surface area (Å²) in [6.07, 6.45) is 5.31. The Morgan fingerprint density at radius 3 is 2.76 bits per heavy atom. The number of piperidine rings is 1. The molecule has 0 aliphatic carbocycles. The molecule has 1 fully saturated rings. The van der Waals surface area contributed by atoms with E-state index in [1.807, 2.05) is 0 Å². The summed E-state index contributed by atoms with van der Waals surface area (Å²) < 4.78 is 41.5. The Bertz CT molecular complexity index is 887. The number of benzene rings is 1. The number of aromatic nitrogens is 1. The maximum absolute atomic E-state index is 14.2. The quantitative estimate of drug-likeness (QED) is 0.901. The first-order chi connectivity index (χ1) is 11.9. The van der Waals surface area contributed by atoms with E-state index in [-0.39, 0.29) is 12.1 Å². The second kappa shape index (κ2) is 6.89. The van der Waals surface area contributed by atoms with Crippen LogP contribution in [0.2, 0.25) is 0 Å². The maximum Gasteiger partial charge on any atom is 0.335 e. The summed E-state index contributed by atoms with van der Waals surface area (Å²) in [7, 11) is -4.18. The monoisotopic (exact) mass is 364 g/mol. The first-order valence-corrected chi connectivity index (χ1v) is 9.30. The topological polar surface area (TPSA) is 87.6 Å². The first kappa shape index (κ1) is 17.5. The Labute approximate surface area is 145 Å². The fraction of sp³-hybridized carbons (Fsp3) is 0.294. The molecule has 1 atom stereocenters. The summed E-state index contributed by atoms with van der Waals surface area (Å²) >= 11 is 0. The number of hydrogen-bond acceptors (Lipinski definition) is 4. The number of pyridine rings is 1. The summed E-state index contributed by atoms with van der Waals surface area (Å²) in [6, 6.07) is 5.86. The molecule has 1 aliphatic rings. The van der Waals surface area contributed by atoms with Crippen molar-refractivity contribution in [3.63, 3.8) is 0 Å². The average Bonchev–Trinajstić information content (AvgIpc) is 2.62. The SMILES string of the molecule is O=C(O)c1ccc(F)c(S(=O)(=O)N2CCCCC2c2cccnc2)c1. The van der Waals surface area contributed by atoms with E-state index in [0.717, 1.165) is 30.2 Å². The first-order valence-electron chi connectivity index (χ1n) is 7.86. The van der Waals surface area contributed by atoms with E-state index in [0.29, 0.717) is 12.8 Å². The summed E-state index contributed by atoms with van der Waals surface area (Å²) in [5, 5.41) is 9.07. The van der Waals surface area contributed by atoms with Gasteiger partial charge in [-0.1, -0.05) is 12.5 Å². The lowest BCUT2D eigenvalue weighted by Gasteiger charge is -2.34. The zero-order valence-corrected chi connectivity index (χ0v) is 14.1. The second-order valence-corrected chi connectivity index (χ2v) is 7.72. The van der Waals surface area contributed by atoms with Crippen LogP contribution in [0.25, 0.3) is 0 Å². The number of halogens is 1. The van der Waals surface area contributed by atoms with Crippen LogP contribution >= 0.6 is 0 Å². The smallest absolute Gasteiger partial charge is 0.335 e. The molecule has 0 radical (unpaired) electrons. The minimum absolute atomic E-state index is 0.249. The Kier molecular flexibility index (Phi) is 4.82. The van der Waals surface area contributed by atoms with Gasteiger partial charge in [0.15, 0.2) is 0 Å². The molecule has 1 aromatic carbocycles. The lowest BCUT2D eigenvalue weighted by molar-refractivity contribution is 0.0696. The zero-order valence-electron chi connectivity index (χ0n) is 13.3. The van der Waals surface area contributed by atoms with Crippen molar-refractivity contribution in [2.75, 3.05) is 6.54 Å². The predicted molar refractivity (Wildman–Crippen MR) is 88.1 cm³/mol. The third kappa shape index (κ3) is 3.40. The van der Waals surface area contributed by atoms with Gasteiger partial charge < -0.3 is 5.11 Å². The number of carbonyl (C=O) groups is 1. The number of carboxylic acid groups (broad SMARTS) is 1. The molecule has 25 heavy (non-hydrogen) atoms. The van der Waals surface area contributed by atoms with E-state index in [1.54, 1.807) is 24.5 Å². The Morgan fingerprint density at radius 1 is 1.28 bits per heavy atom. The van der Waals surface area contributed by atoms with Crippen molar-refractivity contribution in [3.8, 4) is 0 Å². The minimum atomic E-state index is -4.18. The summed E-state index contributed by atoms with van der Waals surface area (Å²) in [4.78, 5) is 14.5. The van der Waals surface area contributed by atoms with Crippen molar-refractivity contribution >= 4 is 16.0 Å². The number of hydrogen-bond donors (Lipinski definition) is 1. The van der Waals surface area contributed by atoms with Gasteiger partial charge in [-0.3, -0.25) is 4.98 Å². The van der Waals surface area contributed by atoms with E-state index >= 15 is 0 Å². The van der Waals surface area contributed by atoms with Crippen LogP contribution in [0.3, 0.4) is 0 Å². The fourth-order valence-corrected chi connectivity index (χ4v) is 4.83. The molecule has 8 heteroatoms. The number of carboxylic acids is 1. The van der Waals surface area contributed by atoms with Crippen LogP contribution in [0, 0.1) is 5.82 Å². The highest BCUT2D eigenvalue weighted by molar-refractivity contribution is 7.89. The molecule has 132 valence electrons. The van der Waals surface area contributed by atoms with Crippen molar-refractivity contribution in [1.82, 2.24) is 9.29 Å². The molecule has 1 N–H and O–H groups in total. The highest BCUT2D eigenvalue weighted by Gasteiger charge is 2.36. The fourth-order valence-electron chi connectivity index (χ4n) is 3.06. The van der Waals surface area contributed by atoms with Gasteiger partial charge in [0.05, 0.1) is 11.6 Å². The number of rotatable bonds is 4. The van der Waals surface area contributed by atoms with Crippen LogP contribution in [0.5, 0.6) is 0 Å². The number of aromatic carboxylic acids is 1. The molecule has 2 heterocycles. The van der Waals surface area contributed by atoms with Crippen molar-refractivity contribution in [2.45, 2.75) is 30.2 Å². The normalized spacial score (nSPS) is 18.8. The van der Waals surface area contributed by atoms with Crippen LogP contribution in [-0.4, -0.2) is 35.3 Å². The van der Waals surface area contributed by atoms with Gasteiger partial charge in [0.2, 0.25) is 10.0 Å². The Balaban J connectivity index is 2.06. The highest BCUT2D eigenvalue weighted by atomic mass is 32.2.